The van der Waals surface area contributed by atoms with Crippen molar-refractivity contribution >= 4 is 5.97 Å². The Balaban J connectivity index is 1.67. The van der Waals surface area contributed by atoms with E-state index in [-0.39, 0.29) is 0 Å². The lowest BCUT2D eigenvalue weighted by molar-refractivity contribution is -0.145. The lowest BCUT2D eigenvalue weighted by Gasteiger charge is -2.35. The van der Waals surface area contributed by atoms with Gasteiger partial charge < -0.3 is 9.63 Å². The van der Waals surface area contributed by atoms with Crippen molar-refractivity contribution in [2.75, 3.05) is 6.54 Å². The highest BCUT2D eigenvalue weighted by molar-refractivity contribution is 5.73. The number of hydrogen-bond acceptors (Lipinski definition) is 5. The van der Waals surface area contributed by atoms with Crippen LogP contribution < -0.4 is 0 Å². The molecule has 6 heteroatoms. The first kappa shape index (κ1) is 12.6. The van der Waals surface area contributed by atoms with Crippen molar-refractivity contribution in [3.63, 3.8) is 0 Å². The standard InChI is InChI=1S/C13H19N3O3/c1-8-4-5-16(10(6-8)13(17)18)7-11-14-12(19-15-11)9-2-3-9/h8-10H,2-7H2,1H3,(H,17,18). The monoisotopic (exact) mass is 265 g/mol. The molecule has 6 nitrogen and oxygen atoms in total. The van der Waals surface area contributed by atoms with Crippen molar-refractivity contribution in [1.29, 1.82) is 0 Å². The van der Waals surface area contributed by atoms with Crippen LogP contribution in [0.4, 0.5) is 0 Å². The van der Waals surface area contributed by atoms with E-state index in [1.165, 1.54) is 0 Å². The summed E-state index contributed by atoms with van der Waals surface area (Å²) in [5, 5.41) is 13.3. The molecule has 1 aliphatic carbocycles. The van der Waals surface area contributed by atoms with Gasteiger partial charge in [0.2, 0.25) is 5.89 Å². The van der Waals surface area contributed by atoms with Crippen LogP contribution in [0.3, 0.4) is 0 Å². The third-order valence-corrected chi connectivity index (χ3v) is 4.02. The molecule has 2 aliphatic rings. The zero-order valence-corrected chi connectivity index (χ0v) is 11.1. The second kappa shape index (κ2) is 4.92. The summed E-state index contributed by atoms with van der Waals surface area (Å²) in [6.07, 6.45) is 3.97. The van der Waals surface area contributed by atoms with Gasteiger partial charge in [-0.25, -0.2) is 0 Å². The summed E-state index contributed by atoms with van der Waals surface area (Å²) in [7, 11) is 0. The van der Waals surface area contributed by atoms with Gasteiger partial charge in [-0.05, 0) is 38.1 Å². The van der Waals surface area contributed by atoms with Crippen LogP contribution in [0.2, 0.25) is 0 Å². The number of carboxylic acids is 1. The van der Waals surface area contributed by atoms with Crippen LogP contribution >= 0.6 is 0 Å². The van der Waals surface area contributed by atoms with E-state index in [9.17, 15) is 9.90 Å². The maximum absolute atomic E-state index is 11.3. The first-order valence-electron chi connectivity index (χ1n) is 6.93. The maximum atomic E-state index is 11.3. The highest BCUT2D eigenvalue weighted by Crippen LogP contribution is 2.39. The molecule has 2 unspecified atom stereocenters. The minimum atomic E-state index is -0.752. The van der Waals surface area contributed by atoms with Crippen LogP contribution in [0.15, 0.2) is 4.52 Å². The molecule has 0 bridgehead atoms. The average molecular weight is 265 g/mol. The minimum absolute atomic E-state index is 0.424. The van der Waals surface area contributed by atoms with Gasteiger partial charge in [0.1, 0.15) is 6.04 Å². The van der Waals surface area contributed by atoms with Gasteiger partial charge in [0.05, 0.1) is 6.54 Å². The molecule has 0 amide bonds. The molecule has 19 heavy (non-hydrogen) atoms. The van der Waals surface area contributed by atoms with E-state index in [1.54, 1.807) is 0 Å². The molecule has 2 heterocycles. The van der Waals surface area contributed by atoms with Gasteiger partial charge in [-0.15, -0.1) is 0 Å². The smallest absolute Gasteiger partial charge is 0.320 e. The van der Waals surface area contributed by atoms with Crippen molar-refractivity contribution in [3.05, 3.63) is 11.7 Å². The van der Waals surface area contributed by atoms with Crippen molar-refractivity contribution in [1.82, 2.24) is 15.0 Å². The molecule has 2 fully saturated rings. The third kappa shape index (κ3) is 2.78. The number of carboxylic acid groups (broad SMARTS) is 1. The zero-order valence-electron chi connectivity index (χ0n) is 11.1. The molecular weight excluding hydrogens is 246 g/mol. The van der Waals surface area contributed by atoms with Gasteiger partial charge in [-0.1, -0.05) is 12.1 Å². The summed E-state index contributed by atoms with van der Waals surface area (Å²) in [5.74, 6) is 1.48. The van der Waals surface area contributed by atoms with Crippen LogP contribution in [0.1, 0.15) is 50.2 Å². The summed E-state index contributed by atoms with van der Waals surface area (Å²) in [6, 6.07) is -0.424. The maximum Gasteiger partial charge on any atom is 0.320 e. The summed E-state index contributed by atoms with van der Waals surface area (Å²) in [6.45, 7) is 3.36. The Morgan fingerprint density at radius 1 is 1.47 bits per heavy atom. The van der Waals surface area contributed by atoms with E-state index in [1.807, 2.05) is 4.90 Å². The van der Waals surface area contributed by atoms with Crippen LogP contribution in [0.5, 0.6) is 0 Å². The predicted molar refractivity (Wildman–Crippen MR) is 66.5 cm³/mol. The van der Waals surface area contributed by atoms with Crippen molar-refractivity contribution < 1.29 is 14.4 Å². The van der Waals surface area contributed by atoms with Gasteiger partial charge >= 0.3 is 5.97 Å². The molecular formula is C13H19N3O3. The lowest BCUT2D eigenvalue weighted by Crippen LogP contribution is -2.46. The number of nitrogens with zero attached hydrogens (tertiary/aromatic N) is 3. The second-order valence-electron chi connectivity index (χ2n) is 5.78. The summed E-state index contributed by atoms with van der Waals surface area (Å²) >= 11 is 0. The summed E-state index contributed by atoms with van der Waals surface area (Å²) in [4.78, 5) is 17.6. The van der Waals surface area contributed by atoms with Gasteiger partial charge in [-0.3, -0.25) is 9.69 Å². The van der Waals surface area contributed by atoms with Gasteiger partial charge in [0.25, 0.3) is 0 Å². The Bertz CT molecular complexity index is 469. The number of aliphatic carboxylic acids is 1. The summed E-state index contributed by atoms with van der Waals surface area (Å²) < 4.78 is 5.21. The lowest BCUT2D eigenvalue weighted by atomic mass is 9.92. The quantitative estimate of drug-likeness (QED) is 0.891. The first-order chi connectivity index (χ1) is 9.13. The van der Waals surface area contributed by atoms with Gasteiger partial charge in [0.15, 0.2) is 5.82 Å². The number of piperidine rings is 1. The Labute approximate surface area is 111 Å². The third-order valence-electron chi connectivity index (χ3n) is 4.02. The topological polar surface area (TPSA) is 79.5 Å². The molecule has 104 valence electrons. The molecule has 0 spiro atoms. The van der Waals surface area contributed by atoms with Gasteiger partial charge in [-0.2, -0.15) is 4.98 Å². The number of carbonyl (C=O) groups is 1. The second-order valence-corrected chi connectivity index (χ2v) is 5.78. The van der Waals surface area contributed by atoms with Crippen molar-refractivity contribution in [3.8, 4) is 0 Å². The molecule has 1 aromatic heterocycles. The molecule has 1 saturated heterocycles. The molecule has 2 atom stereocenters. The molecule has 1 aliphatic heterocycles. The van der Waals surface area contributed by atoms with E-state index in [0.29, 0.717) is 36.5 Å². The number of aromatic nitrogens is 2. The Hall–Kier alpha value is -1.43. The highest BCUT2D eigenvalue weighted by Gasteiger charge is 2.33. The molecule has 3 rings (SSSR count). The summed E-state index contributed by atoms with van der Waals surface area (Å²) in [5.41, 5.74) is 0. The molecule has 0 aromatic carbocycles. The highest BCUT2D eigenvalue weighted by atomic mass is 16.5. The molecule has 0 radical (unpaired) electrons. The fourth-order valence-electron chi connectivity index (χ4n) is 2.65. The Morgan fingerprint density at radius 2 is 2.26 bits per heavy atom. The van der Waals surface area contributed by atoms with Crippen molar-refractivity contribution in [2.24, 2.45) is 5.92 Å². The predicted octanol–water partition coefficient (Wildman–Crippen LogP) is 1.63. The largest absolute Gasteiger partial charge is 0.480 e. The van der Waals surface area contributed by atoms with E-state index >= 15 is 0 Å². The number of likely N-dealkylation sites (tertiary alicyclic amines) is 1. The first-order valence-corrected chi connectivity index (χ1v) is 6.93. The molecule has 1 saturated carbocycles. The van der Waals surface area contributed by atoms with Crippen LogP contribution in [-0.2, 0) is 11.3 Å². The van der Waals surface area contributed by atoms with Crippen LogP contribution in [-0.4, -0.2) is 38.7 Å². The number of rotatable bonds is 4. The average Bonchev–Trinajstić information content (AvgIpc) is 3.12. The fraction of sp³-hybridized carbons (Fsp3) is 0.769. The van der Waals surface area contributed by atoms with Crippen LogP contribution in [0.25, 0.3) is 0 Å². The van der Waals surface area contributed by atoms with Crippen molar-refractivity contribution in [2.45, 2.75) is 51.1 Å². The fourth-order valence-corrected chi connectivity index (χ4v) is 2.65. The van der Waals surface area contributed by atoms with E-state index in [2.05, 4.69) is 17.1 Å². The molecule has 1 N–H and O–H groups in total. The number of hydrogen-bond donors (Lipinski definition) is 1. The Kier molecular flexibility index (Phi) is 3.26. The zero-order chi connectivity index (χ0) is 13.4. The molecule has 1 aromatic rings. The van der Waals surface area contributed by atoms with E-state index in [0.717, 1.165) is 25.8 Å². The minimum Gasteiger partial charge on any atom is -0.480 e. The Morgan fingerprint density at radius 3 is 2.95 bits per heavy atom. The van der Waals surface area contributed by atoms with Crippen LogP contribution in [0, 0.1) is 5.92 Å². The van der Waals surface area contributed by atoms with Gasteiger partial charge in [0, 0.05) is 5.92 Å². The normalized spacial score (nSPS) is 28.5. The van der Waals surface area contributed by atoms with E-state index in [4.69, 9.17) is 4.52 Å². The van der Waals surface area contributed by atoms with E-state index < -0.39 is 12.0 Å². The SMILES string of the molecule is CC1CCN(Cc2noc(C3CC3)n2)C(C(=O)O)C1.